The van der Waals surface area contributed by atoms with Gasteiger partial charge in [0.2, 0.25) is 15.9 Å². The first-order valence-corrected chi connectivity index (χ1v) is 10.2. The van der Waals surface area contributed by atoms with Crippen molar-refractivity contribution < 1.29 is 17.9 Å². The standard InChI is InChI=1S/C19H24N2O4S/c1-4-25-18-13-9-8-12-17(18)21(26(3,23)24)14-19(22)20-15(2)16-10-6-5-7-11-16/h5-13,15H,4,14H2,1-3H3,(H,20,22). The van der Waals surface area contributed by atoms with Gasteiger partial charge in [0.05, 0.1) is 24.6 Å². The zero-order chi connectivity index (χ0) is 19.2. The second-order valence-electron chi connectivity index (χ2n) is 5.87. The van der Waals surface area contributed by atoms with E-state index in [1.165, 1.54) is 0 Å². The smallest absolute Gasteiger partial charge is 0.241 e. The summed E-state index contributed by atoms with van der Waals surface area (Å²) in [4.78, 5) is 12.5. The van der Waals surface area contributed by atoms with Crippen molar-refractivity contribution in [2.75, 3.05) is 23.7 Å². The molecule has 140 valence electrons. The van der Waals surface area contributed by atoms with Gasteiger partial charge in [0, 0.05) is 0 Å². The zero-order valence-corrected chi connectivity index (χ0v) is 16.0. The van der Waals surface area contributed by atoms with Gasteiger partial charge in [-0.1, -0.05) is 42.5 Å². The second kappa shape index (κ2) is 8.71. The topological polar surface area (TPSA) is 75.7 Å². The third-order valence-corrected chi connectivity index (χ3v) is 4.92. The maximum Gasteiger partial charge on any atom is 0.241 e. The number of para-hydroxylation sites is 2. The summed E-state index contributed by atoms with van der Waals surface area (Å²) in [7, 11) is -3.66. The number of hydrogen-bond donors (Lipinski definition) is 1. The summed E-state index contributed by atoms with van der Waals surface area (Å²) < 4.78 is 31.1. The normalized spacial score (nSPS) is 12.3. The van der Waals surface area contributed by atoms with Gasteiger partial charge in [-0.05, 0) is 31.5 Å². The van der Waals surface area contributed by atoms with Gasteiger partial charge in [-0.2, -0.15) is 0 Å². The van der Waals surface area contributed by atoms with Crippen molar-refractivity contribution >= 4 is 21.6 Å². The third-order valence-electron chi connectivity index (χ3n) is 3.80. The first-order valence-electron chi connectivity index (χ1n) is 8.36. The zero-order valence-electron chi connectivity index (χ0n) is 15.2. The third kappa shape index (κ3) is 5.23. The van der Waals surface area contributed by atoms with Gasteiger partial charge >= 0.3 is 0 Å². The lowest BCUT2D eigenvalue weighted by Crippen LogP contribution is -2.41. The van der Waals surface area contributed by atoms with Crippen molar-refractivity contribution in [3.63, 3.8) is 0 Å². The van der Waals surface area contributed by atoms with Gasteiger partial charge in [-0.3, -0.25) is 9.10 Å². The number of nitrogens with one attached hydrogen (secondary N) is 1. The van der Waals surface area contributed by atoms with Crippen molar-refractivity contribution in [1.29, 1.82) is 0 Å². The molecule has 0 saturated heterocycles. The fourth-order valence-electron chi connectivity index (χ4n) is 2.56. The Kier molecular flexibility index (Phi) is 6.63. The molecule has 0 aliphatic heterocycles. The Labute approximate surface area is 154 Å². The number of rotatable bonds is 8. The average molecular weight is 376 g/mol. The van der Waals surface area contributed by atoms with Crippen LogP contribution in [0.5, 0.6) is 5.75 Å². The maximum atomic E-state index is 12.5. The molecule has 0 aromatic heterocycles. The summed E-state index contributed by atoms with van der Waals surface area (Å²) in [5, 5.41) is 2.83. The molecule has 1 atom stereocenters. The Morgan fingerprint density at radius 2 is 1.73 bits per heavy atom. The molecular formula is C19H24N2O4S. The molecule has 0 spiro atoms. The van der Waals surface area contributed by atoms with E-state index < -0.39 is 15.9 Å². The van der Waals surface area contributed by atoms with E-state index in [2.05, 4.69) is 5.32 Å². The first-order chi connectivity index (χ1) is 12.3. The number of amides is 1. The van der Waals surface area contributed by atoms with Gasteiger partial charge in [-0.25, -0.2) is 8.42 Å². The molecule has 0 bridgehead atoms. The van der Waals surface area contributed by atoms with Crippen LogP contribution < -0.4 is 14.4 Å². The number of hydrogen-bond acceptors (Lipinski definition) is 4. The molecule has 7 heteroatoms. The molecule has 2 rings (SSSR count). The van der Waals surface area contributed by atoms with Crippen LogP contribution in [0.15, 0.2) is 54.6 Å². The quantitative estimate of drug-likeness (QED) is 0.769. The summed E-state index contributed by atoms with van der Waals surface area (Å²) in [6.45, 7) is 3.74. The SMILES string of the molecule is CCOc1ccccc1N(CC(=O)NC(C)c1ccccc1)S(C)(=O)=O. The number of anilines is 1. The highest BCUT2D eigenvalue weighted by molar-refractivity contribution is 7.92. The van der Waals surface area contributed by atoms with Gasteiger partial charge in [-0.15, -0.1) is 0 Å². The lowest BCUT2D eigenvalue weighted by atomic mass is 10.1. The Balaban J connectivity index is 2.20. The largest absolute Gasteiger partial charge is 0.492 e. The van der Waals surface area contributed by atoms with Crippen LogP contribution in [-0.2, 0) is 14.8 Å². The van der Waals surface area contributed by atoms with Crippen LogP contribution in [0.3, 0.4) is 0 Å². The van der Waals surface area contributed by atoms with Gasteiger partial charge in [0.1, 0.15) is 12.3 Å². The van der Waals surface area contributed by atoms with E-state index >= 15 is 0 Å². The Morgan fingerprint density at radius 1 is 1.12 bits per heavy atom. The minimum atomic E-state index is -3.66. The molecule has 2 aromatic rings. The van der Waals surface area contributed by atoms with Crippen molar-refractivity contribution in [1.82, 2.24) is 5.32 Å². The van der Waals surface area contributed by atoms with Crippen LogP contribution in [0.4, 0.5) is 5.69 Å². The van der Waals surface area contributed by atoms with E-state index in [0.29, 0.717) is 18.0 Å². The van der Waals surface area contributed by atoms with Crippen molar-refractivity contribution in [3.8, 4) is 5.75 Å². The average Bonchev–Trinajstić information content (AvgIpc) is 2.60. The number of carbonyl (C=O) groups is 1. The molecule has 0 heterocycles. The molecular weight excluding hydrogens is 352 g/mol. The van der Waals surface area contributed by atoms with Crippen LogP contribution in [-0.4, -0.2) is 33.7 Å². The lowest BCUT2D eigenvalue weighted by molar-refractivity contribution is -0.120. The van der Waals surface area contributed by atoms with E-state index in [0.717, 1.165) is 16.1 Å². The predicted molar refractivity (Wildman–Crippen MR) is 103 cm³/mol. The molecule has 1 amide bonds. The fourth-order valence-corrected chi connectivity index (χ4v) is 3.42. The highest BCUT2D eigenvalue weighted by Gasteiger charge is 2.24. The monoisotopic (exact) mass is 376 g/mol. The number of carbonyl (C=O) groups excluding carboxylic acids is 1. The van der Waals surface area contributed by atoms with E-state index in [4.69, 9.17) is 4.74 Å². The molecule has 2 aromatic carbocycles. The Morgan fingerprint density at radius 3 is 2.35 bits per heavy atom. The van der Waals surface area contributed by atoms with E-state index in [1.54, 1.807) is 24.3 Å². The van der Waals surface area contributed by atoms with Crippen LogP contribution in [0.2, 0.25) is 0 Å². The highest BCUT2D eigenvalue weighted by atomic mass is 32.2. The molecule has 0 saturated carbocycles. The minimum absolute atomic E-state index is 0.229. The number of nitrogens with zero attached hydrogens (tertiary/aromatic N) is 1. The van der Waals surface area contributed by atoms with E-state index in [9.17, 15) is 13.2 Å². The van der Waals surface area contributed by atoms with Crippen molar-refractivity contribution in [2.24, 2.45) is 0 Å². The predicted octanol–water partition coefficient (Wildman–Crippen LogP) is 2.73. The van der Waals surface area contributed by atoms with Crippen molar-refractivity contribution in [3.05, 3.63) is 60.2 Å². The maximum absolute atomic E-state index is 12.5. The number of sulfonamides is 1. The summed E-state index contributed by atoms with van der Waals surface area (Å²) >= 11 is 0. The fraction of sp³-hybridized carbons (Fsp3) is 0.316. The van der Waals surface area contributed by atoms with Crippen LogP contribution >= 0.6 is 0 Å². The van der Waals surface area contributed by atoms with Gasteiger partial charge < -0.3 is 10.1 Å². The number of benzene rings is 2. The van der Waals surface area contributed by atoms with E-state index in [-0.39, 0.29) is 12.6 Å². The Bertz CT molecular complexity index is 838. The molecule has 1 unspecified atom stereocenters. The second-order valence-corrected chi connectivity index (χ2v) is 7.78. The summed E-state index contributed by atoms with van der Waals surface area (Å²) in [6.07, 6.45) is 1.07. The molecule has 6 nitrogen and oxygen atoms in total. The van der Waals surface area contributed by atoms with Crippen molar-refractivity contribution in [2.45, 2.75) is 19.9 Å². The summed E-state index contributed by atoms with van der Waals surface area (Å²) in [5.74, 6) is 0.0300. The van der Waals surface area contributed by atoms with Crippen LogP contribution in [0, 0.1) is 0 Å². The van der Waals surface area contributed by atoms with Gasteiger partial charge in [0.15, 0.2) is 0 Å². The first kappa shape index (κ1) is 19.8. The number of ether oxygens (including phenoxy) is 1. The molecule has 0 radical (unpaired) electrons. The van der Waals surface area contributed by atoms with E-state index in [1.807, 2.05) is 44.2 Å². The summed E-state index contributed by atoms with van der Waals surface area (Å²) in [5.41, 5.74) is 1.29. The lowest BCUT2D eigenvalue weighted by Gasteiger charge is -2.25. The Hall–Kier alpha value is -2.54. The van der Waals surface area contributed by atoms with Crippen LogP contribution in [0.25, 0.3) is 0 Å². The molecule has 0 fully saturated rings. The summed E-state index contributed by atoms with van der Waals surface area (Å²) in [6, 6.07) is 16.0. The van der Waals surface area contributed by atoms with Gasteiger partial charge in [0.25, 0.3) is 0 Å². The van der Waals surface area contributed by atoms with Crippen LogP contribution in [0.1, 0.15) is 25.5 Å². The molecule has 26 heavy (non-hydrogen) atoms. The highest BCUT2D eigenvalue weighted by Crippen LogP contribution is 2.29. The molecule has 0 aliphatic rings. The molecule has 0 aliphatic carbocycles. The molecule has 1 N–H and O–H groups in total. The minimum Gasteiger partial charge on any atom is -0.492 e.